The Morgan fingerprint density at radius 2 is 0.661 bits per heavy atom. The van der Waals surface area contributed by atoms with Crippen LogP contribution in [0.1, 0.15) is 0 Å². The number of rotatable bonds is 3. The minimum absolute atomic E-state index is 0.571. The molecule has 0 bridgehead atoms. The molecule has 0 atom stereocenters. The van der Waals surface area contributed by atoms with Gasteiger partial charge in [-0.05, 0) is 33.7 Å². The Labute approximate surface area is 321 Å². The van der Waals surface area contributed by atoms with Crippen LogP contribution < -0.4 is 0 Å². The molecule has 12 aromatic rings. The molecule has 4 aromatic heterocycles. The van der Waals surface area contributed by atoms with Crippen LogP contribution in [0.3, 0.4) is 0 Å². The van der Waals surface area contributed by atoms with Gasteiger partial charge in [0.1, 0.15) is 0 Å². The molecule has 260 valence electrons. The van der Waals surface area contributed by atoms with E-state index >= 15 is 0 Å². The van der Waals surface area contributed by atoms with E-state index in [0.717, 1.165) is 44.0 Å². The molecule has 0 radical (unpaired) electrons. The number of nitrogens with zero attached hydrogens (tertiary/aromatic N) is 5. The third-order valence-electron chi connectivity index (χ3n) is 11.3. The van der Waals surface area contributed by atoms with Crippen LogP contribution in [0.4, 0.5) is 0 Å². The van der Waals surface area contributed by atoms with E-state index in [1.807, 2.05) is 36.4 Å². The minimum atomic E-state index is 0.571. The third-order valence-corrected chi connectivity index (χ3v) is 11.3. The highest BCUT2D eigenvalue weighted by Crippen LogP contribution is 2.43. The lowest BCUT2D eigenvalue weighted by molar-refractivity contribution is 0.954. The Morgan fingerprint density at radius 1 is 0.268 bits per heavy atom. The molecule has 5 nitrogen and oxygen atoms in total. The highest BCUT2D eigenvalue weighted by atomic mass is 15.2. The van der Waals surface area contributed by atoms with Crippen LogP contribution in [0.5, 0.6) is 0 Å². The van der Waals surface area contributed by atoms with Gasteiger partial charge in [0.05, 0.1) is 27.6 Å². The molecule has 0 fully saturated rings. The van der Waals surface area contributed by atoms with E-state index in [-0.39, 0.29) is 0 Å². The number of aromatic nitrogens is 5. The van der Waals surface area contributed by atoms with Gasteiger partial charge in [-0.25, -0.2) is 4.98 Å². The Balaban J connectivity index is 1.37. The molecule has 8 aromatic carbocycles. The lowest BCUT2D eigenvalue weighted by atomic mass is 10.0. The van der Waals surface area contributed by atoms with E-state index < -0.39 is 0 Å². The van der Waals surface area contributed by atoms with Crippen molar-refractivity contribution in [1.29, 1.82) is 0 Å². The predicted octanol–water partition coefficient (Wildman–Crippen LogP) is 12.9. The van der Waals surface area contributed by atoms with Gasteiger partial charge in [-0.2, -0.15) is 9.97 Å². The van der Waals surface area contributed by atoms with Crippen molar-refractivity contribution in [2.45, 2.75) is 0 Å². The van der Waals surface area contributed by atoms with Crippen LogP contribution in [0, 0.1) is 0 Å². The molecule has 0 saturated heterocycles. The highest BCUT2D eigenvalue weighted by molar-refractivity contribution is 6.29. The molecule has 0 aliphatic heterocycles. The Morgan fingerprint density at radius 3 is 1.25 bits per heavy atom. The van der Waals surface area contributed by atoms with E-state index in [0.29, 0.717) is 17.6 Å². The summed E-state index contributed by atoms with van der Waals surface area (Å²) in [6.45, 7) is 0. The Hall–Kier alpha value is -7.63. The van der Waals surface area contributed by atoms with E-state index in [4.69, 9.17) is 15.0 Å². The minimum Gasteiger partial charge on any atom is -0.306 e. The third kappa shape index (κ3) is 4.39. The molecular weight excluding hydrogens is 683 g/mol. The molecule has 56 heavy (non-hydrogen) atoms. The molecule has 0 saturated carbocycles. The standard InChI is InChI=1S/C51H31N5/c1-3-16-32(17-4-1)49-52-50(33-18-5-2-6-19-33)54-51(53-49)56-45-29-14-12-25-39(45)42-30-31-43-41-27-15-26-40-37-23-10-8-21-35(37)34-20-7-9-22-36(34)38-24-11-13-28-44(38)55(46(40)41)47(43)48(42)56/h1-31H. The fraction of sp³-hybridized carbons (Fsp3) is 0. The van der Waals surface area contributed by atoms with E-state index in [1.54, 1.807) is 0 Å². The maximum atomic E-state index is 5.30. The molecule has 0 spiro atoms. The van der Waals surface area contributed by atoms with Gasteiger partial charge < -0.3 is 4.40 Å². The topological polar surface area (TPSA) is 48.0 Å². The zero-order valence-corrected chi connectivity index (χ0v) is 30.1. The van der Waals surface area contributed by atoms with Crippen LogP contribution in [-0.2, 0) is 0 Å². The zero-order chi connectivity index (χ0) is 36.7. The quantitative estimate of drug-likeness (QED) is 0.183. The van der Waals surface area contributed by atoms with Gasteiger partial charge in [-0.3, -0.25) is 4.57 Å². The van der Waals surface area contributed by atoms with Crippen LogP contribution >= 0.6 is 0 Å². The maximum absolute atomic E-state index is 5.30. The molecule has 12 rings (SSSR count). The fourth-order valence-corrected chi connectivity index (χ4v) is 8.96. The molecule has 0 N–H and O–H groups in total. The zero-order valence-electron chi connectivity index (χ0n) is 30.1. The van der Waals surface area contributed by atoms with Crippen LogP contribution in [-0.4, -0.2) is 23.9 Å². The lowest BCUT2D eigenvalue weighted by Crippen LogP contribution is -2.06. The smallest absolute Gasteiger partial charge is 0.238 e. The first-order valence-electron chi connectivity index (χ1n) is 19.0. The van der Waals surface area contributed by atoms with E-state index in [1.165, 1.54) is 48.6 Å². The summed E-state index contributed by atoms with van der Waals surface area (Å²) in [6.07, 6.45) is 0. The highest BCUT2D eigenvalue weighted by Gasteiger charge is 2.23. The second-order valence-corrected chi connectivity index (χ2v) is 14.4. The first-order valence-corrected chi connectivity index (χ1v) is 19.0. The molecule has 0 aliphatic rings. The Kier molecular flexibility index (Phi) is 6.56. The molecule has 4 heterocycles. The maximum Gasteiger partial charge on any atom is 0.238 e. The van der Waals surface area contributed by atoms with Crippen molar-refractivity contribution in [2.75, 3.05) is 0 Å². The SMILES string of the molecule is c1ccc(-c2nc(-c3ccccc3)nc(-n3c4ccccc4c4ccc5c6cccc7c8ccccc8c8ccccc8c8ccccc8n(c76)c5c43)n2)cc1. The van der Waals surface area contributed by atoms with Gasteiger partial charge in [-0.15, -0.1) is 0 Å². The van der Waals surface area contributed by atoms with Gasteiger partial charge in [0.15, 0.2) is 11.6 Å². The molecule has 0 unspecified atom stereocenters. The average Bonchev–Trinajstić information content (AvgIpc) is 3.81. The van der Waals surface area contributed by atoms with Crippen molar-refractivity contribution < 1.29 is 0 Å². The fourth-order valence-electron chi connectivity index (χ4n) is 8.96. The van der Waals surface area contributed by atoms with Crippen molar-refractivity contribution in [1.82, 2.24) is 23.9 Å². The Bertz CT molecular complexity index is 3530. The van der Waals surface area contributed by atoms with Crippen LogP contribution in [0.15, 0.2) is 188 Å². The predicted molar refractivity (Wildman–Crippen MR) is 232 cm³/mol. The number of hydrogen-bond acceptors (Lipinski definition) is 3. The second-order valence-electron chi connectivity index (χ2n) is 14.4. The van der Waals surface area contributed by atoms with Gasteiger partial charge in [0, 0.05) is 43.4 Å². The second kappa shape index (κ2) is 11.9. The summed E-state index contributed by atoms with van der Waals surface area (Å²) >= 11 is 0. The van der Waals surface area contributed by atoms with E-state index in [2.05, 4.69) is 161 Å². The molecule has 5 heteroatoms. The molecule has 0 aliphatic carbocycles. The first kappa shape index (κ1) is 30.8. The number of benzene rings is 8. The van der Waals surface area contributed by atoms with Crippen molar-refractivity contribution in [3.05, 3.63) is 188 Å². The van der Waals surface area contributed by atoms with Gasteiger partial charge in [0.25, 0.3) is 0 Å². The summed E-state index contributed by atoms with van der Waals surface area (Å²) in [5.74, 6) is 1.82. The summed E-state index contributed by atoms with van der Waals surface area (Å²) in [7, 11) is 0. The van der Waals surface area contributed by atoms with Crippen molar-refractivity contribution >= 4 is 81.4 Å². The number of fused-ring (bicyclic) bond motifs is 14. The first-order chi connectivity index (χ1) is 27.8. The van der Waals surface area contributed by atoms with Gasteiger partial charge in [0.2, 0.25) is 5.95 Å². The summed E-state index contributed by atoms with van der Waals surface area (Å²) in [4.78, 5) is 15.7. The summed E-state index contributed by atoms with van der Waals surface area (Å²) in [5, 5.41) is 11.8. The normalized spacial score (nSPS) is 11.9. The van der Waals surface area contributed by atoms with E-state index in [9.17, 15) is 0 Å². The van der Waals surface area contributed by atoms with Crippen molar-refractivity contribution in [2.24, 2.45) is 0 Å². The molecule has 0 amide bonds. The largest absolute Gasteiger partial charge is 0.306 e. The lowest BCUT2D eigenvalue weighted by Gasteiger charge is -2.12. The summed E-state index contributed by atoms with van der Waals surface area (Å²) in [5.41, 5.74) is 7.34. The summed E-state index contributed by atoms with van der Waals surface area (Å²) < 4.78 is 4.79. The molecular formula is C51H31N5. The van der Waals surface area contributed by atoms with Gasteiger partial charge in [-0.1, -0.05) is 176 Å². The van der Waals surface area contributed by atoms with Crippen molar-refractivity contribution in [3.63, 3.8) is 0 Å². The van der Waals surface area contributed by atoms with Crippen LogP contribution in [0.25, 0.3) is 110 Å². The number of hydrogen-bond donors (Lipinski definition) is 0. The monoisotopic (exact) mass is 713 g/mol. The average molecular weight is 714 g/mol. The summed E-state index contributed by atoms with van der Waals surface area (Å²) in [6, 6.07) is 66.9. The van der Waals surface area contributed by atoms with Crippen molar-refractivity contribution in [3.8, 4) is 28.7 Å². The van der Waals surface area contributed by atoms with Gasteiger partial charge >= 0.3 is 0 Å². The van der Waals surface area contributed by atoms with Crippen LogP contribution in [0.2, 0.25) is 0 Å². The number of para-hydroxylation sites is 3.